The number of aryl methyl sites for hydroxylation is 1. The van der Waals surface area contributed by atoms with Gasteiger partial charge in [0.1, 0.15) is 5.76 Å². The van der Waals surface area contributed by atoms with Crippen molar-refractivity contribution in [3.05, 3.63) is 53.5 Å². The van der Waals surface area contributed by atoms with Gasteiger partial charge in [-0.3, -0.25) is 4.79 Å². The first-order valence-corrected chi connectivity index (χ1v) is 8.82. The SMILES string of the molecule is CCc1ccc(C(=O)Nc2cccc(CS(=O)(=O)N(C)C)c2)o1. The van der Waals surface area contributed by atoms with Crippen LogP contribution < -0.4 is 5.32 Å². The smallest absolute Gasteiger partial charge is 0.291 e. The van der Waals surface area contributed by atoms with E-state index in [2.05, 4.69) is 5.32 Å². The predicted octanol–water partition coefficient (Wildman–Crippen LogP) is 2.49. The standard InChI is InChI=1S/C16H20N2O4S/c1-4-14-8-9-15(22-14)16(19)17-13-7-5-6-12(10-13)11-23(20,21)18(2)3/h5-10H,4,11H2,1-3H3,(H,17,19). The first-order chi connectivity index (χ1) is 10.8. The molecule has 2 aromatic rings. The summed E-state index contributed by atoms with van der Waals surface area (Å²) in [6.07, 6.45) is 0.713. The zero-order valence-electron chi connectivity index (χ0n) is 13.4. The molecular formula is C16H20N2O4S. The first kappa shape index (κ1) is 17.2. The van der Waals surface area contributed by atoms with Crippen LogP contribution in [0.25, 0.3) is 0 Å². The molecule has 0 unspecified atom stereocenters. The third kappa shape index (κ3) is 4.43. The van der Waals surface area contributed by atoms with Crippen LogP contribution in [0.2, 0.25) is 0 Å². The minimum Gasteiger partial charge on any atom is -0.456 e. The van der Waals surface area contributed by atoms with E-state index in [0.717, 1.165) is 5.76 Å². The average Bonchev–Trinajstić information content (AvgIpc) is 2.96. The molecule has 0 aliphatic carbocycles. The quantitative estimate of drug-likeness (QED) is 0.879. The highest BCUT2D eigenvalue weighted by Crippen LogP contribution is 2.16. The number of furan rings is 1. The van der Waals surface area contributed by atoms with Crippen LogP contribution in [0.4, 0.5) is 5.69 Å². The van der Waals surface area contributed by atoms with Gasteiger partial charge >= 0.3 is 0 Å². The molecule has 0 saturated heterocycles. The zero-order chi connectivity index (χ0) is 17.0. The molecule has 0 radical (unpaired) electrons. The number of nitrogens with zero attached hydrogens (tertiary/aromatic N) is 1. The number of benzene rings is 1. The summed E-state index contributed by atoms with van der Waals surface area (Å²) in [5.41, 5.74) is 1.13. The van der Waals surface area contributed by atoms with Crippen molar-refractivity contribution >= 4 is 21.6 Å². The number of amides is 1. The molecule has 1 heterocycles. The fourth-order valence-electron chi connectivity index (χ4n) is 1.96. The van der Waals surface area contributed by atoms with E-state index in [1.807, 2.05) is 6.92 Å². The highest BCUT2D eigenvalue weighted by molar-refractivity contribution is 7.88. The Balaban J connectivity index is 2.12. The molecule has 0 atom stereocenters. The number of hydrogen-bond donors (Lipinski definition) is 1. The van der Waals surface area contributed by atoms with Crippen molar-refractivity contribution in [3.8, 4) is 0 Å². The Morgan fingerprint density at radius 3 is 2.57 bits per heavy atom. The van der Waals surface area contributed by atoms with Crippen molar-refractivity contribution in [1.29, 1.82) is 0 Å². The van der Waals surface area contributed by atoms with Crippen molar-refractivity contribution in [1.82, 2.24) is 4.31 Å². The topological polar surface area (TPSA) is 79.6 Å². The normalized spacial score (nSPS) is 11.7. The van der Waals surface area contributed by atoms with Gasteiger partial charge in [-0.2, -0.15) is 0 Å². The highest BCUT2D eigenvalue weighted by atomic mass is 32.2. The number of nitrogens with one attached hydrogen (secondary N) is 1. The Hall–Kier alpha value is -2.12. The van der Waals surface area contributed by atoms with Crippen LogP contribution in [0, 0.1) is 0 Å². The lowest BCUT2D eigenvalue weighted by Gasteiger charge is -2.12. The molecule has 1 N–H and O–H groups in total. The molecule has 23 heavy (non-hydrogen) atoms. The molecule has 0 saturated carbocycles. The maximum Gasteiger partial charge on any atom is 0.291 e. The molecule has 1 aromatic carbocycles. The molecule has 124 valence electrons. The minimum absolute atomic E-state index is 0.121. The lowest BCUT2D eigenvalue weighted by Crippen LogP contribution is -2.23. The summed E-state index contributed by atoms with van der Waals surface area (Å²) in [6.45, 7) is 1.94. The monoisotopic (exact) mass is 336 g/mol. The number of carbonyl (C=O) groups is 1. The molecule has 0 aliphatic heterocycles. The Morgan fingerprint density at radius 2 is 1.96 bits per heavy atom. The summed E-state index contributed by atoms with van der Waals surface area (Å²) in [4.78, 5) is 12.1. The van der Waals surface area contributed by atoms with Crippen LogP contribution in [0.15, 0.2) is 40.8 Å². The van der Waals surface area contributed by atoms with E-state index < -0.39 is 10.0 Å². The van der Waals surface area contributed by atoms with Crippen LogP contribution in [0.1, 0.15) is 28.8 Å². The largest absolute Gasteiger partial charge is 0.456 e. The maximum absolute atomic E-state index is 12.1. The Labute approximate surface area is 136 Å². The fraction of sp³-hybridized carbons (Fsp3) is 0.312. The van der Waals surface area contributed by atoms with E-state index in [1.54, 1.807) is 36.4 Å². The van der Waals surface area contributed by atoms with Gasteiger partial charge in [-0.15, -0.1) is 0 Å². The number of rotatable bonds is 6. The summed E-state index contributed by atoms with van der Waals surface area (Å²) in [5, 5.41) is 2.71. The van der Waals surface area contributed by atoms with Gasteiger partial charge in [-0.1, -0.05) is 19.1 Å². The fourth-order valence-corrected chi connectivity index (χ4v) is 2.82. The second-order valence-corrected chi connectivity index (χ2v) is 7.50. The van der Waals surface area contributed by atoms with Gasteiger partial charge in [0.25, 0.3) is 5.91 Å². The van der Waals surface area contributed by atoms with E-state index >= 15 is 0 Å². The number of hydrogen-bond acceptors (Lipinski definition) is 4. The lowest BCUT2D eigenvalue weighted by molar-refractivity contribution is 0.0995. The minimum atomic E-state index is -3.35. The van der Waals surface area contributed by atoms with Gasteiger partial charge in [-0.05, 0) is 29.8 Å². The Morgan fingerprint density at radius 1 is 1.22 bits per heavy atom. The van der Waals surface area contributed by atoms with Crippen LogP contribution in [0.5, 0.6) is 0 Å². The second-order valence-electron chi connectivity index (χ2n) is 5.31. The van der Waals surface area contributed by atoms with Crippen molar-refractivity contribution in [2.24, 2.45) is 0 Å². The van der Waals surface area contributed by atoms with Crippen LogP contribution >= 0.6 is 0 Å². The van der Waals surface area contributed by atoms with Gasteiger partial charge in [-0.25, -0.2) is 12.7 Å². The molecule has 2 rings (SSSR count). The van der Waals surface area contributed by atoms with Crippen molar-refractivity contribution in [3.63, 3.8) is 0 Å². The molecule has 0 fully saturated rings. The molecule has 0 spiro atoms. The van der Waals surface area contributed by atoms with E-state index in [0.29, 0.717) is 17.7 Å². The summed E-state index contributed by atoms with van der Waals surface area (Å²) >= 11 is 0. The van der Waals surface area contributed by atoms with Gasteiger partial charge in [0, 0.05) is 26.2 Å². The third-order valence-electron chi connectivity index (χ3n) is 3.32. The molecule has 1 aromatic heterocycles. The molecular weight excluding hydrogens is 316 g/mol. The first-order valence-electron chi connectivity index (χ1n) is 7.21. The molecule has 6 nitrogen and oxygen atoms in total. The van der Waals surface area contributed by atoms with Crippen LogP contribution in [0.3, 0.4) is 0 Å². The summed E-state index contributed by atoms with van der Waals surface area (Å²) in [6, 6.07) is 10.1. The molecule has 0 aliphatic rings. The zero-order valence-corrected chi connectivity index (χ0v) is 14.2. The summed E-state index contributed by atoms with van der Waals surface area (Å²) < 4.78 is 30.4. The van der Waals surface area contributed by atoms with E-state index in [9.17, 15) is 13.2 Å². The summed E-state index contributed by atoms with van der Waals surface area (Å²) in [7, 11) is -0.368. The van der Waals surface area contributed by atoms with Crippen molar-refractivity contribution < 1.29 is 17.6 Å². The van der Waals surface area contributed by atoms with E-state index in [4.69, 9.17) is 4.42 Å². The molecule has 7 heteroatoms. The second kappa shape index (κ2) is 6.97. The highest BCUT2D eigenvalue weighted by Gasteiger charge is 2.15. The van der Waals surface area contributed by atoms with Crippen molar-refractivity contribution in [2.75, 3.05) is 19.4 Å². The molecule has 1 amide bonds. The lowest BCUT2D eigenvalue weighted by atomic mass is 10.2. The van der Waals surface area contributed by atoms with Gasteiger partial charge in [0.15, 0.2) is 5.76 Å². The molecule has 0 bridgehead atoms. The number of anilines is 1. The van der Waals surface area contributed by atoms with Crippen LogP contribution in [-0.4, -0.2) is 32.7 Å². The number of carbonyl (C=O) groups excluding carboxylic acids is 1. The average molecular weight is 336 g/mol. The van der Waals surface area contributed by atoms with E-state index in [1.165, 1.54) is 18.4 Å². The Bertz CT molecular complexity index is 794. The van der Waals surface area contributed by atoms with Gasteiger partial charge < -0.3 is 9.73 Å². The van der Waals surface area contributed by atoms with Crippen LogP contribution in [-0.2, 0) is 22.2 Å². The third-order valence-corrected chi connectivity index (χ3v) is 5.13. The maximum atomic E-state index is 12.1. The van der Waals surface area contributed by atoms with Gasteiger partial charge in [0.2, 0.25) is 10.0 Å². The predicted molar refractivity (Wildman–Crippen MR) is 88.8 cm³/mol. The Kier molecular flexibility index (Phi) is 5.23. The number of sulfonamides is 1. The summed E-state index contributed by atoms with van der Waals surface area (Å²) in [5.74, 6) is 0.483. The van der Waals surface area contributed by atoms with E-state index in [-0.39, 0.29) is 17.4 Å². The van der Waals surface area contributed by atoms with Gasteiger partial charge in [0.05, 0.1) is 5.75 Å². The van der Waals surface area contributed by atoms with Crippen molar-refractivity contribution in [2.45, 2.75) is 19.1 Å².